The maximum absolute atomic E-state index is 5.58. The Labute approximate surface area is 78.7 Å². The van der Waals surface area contributed by atoms with Crippen LogP contribution in [0.25, 0.3) is 0 Å². The molecule has 3 rings (SSSR count). The molecule has 0 spiro atoms. The fourth-order valence-electron chi connectivity index (χ4n) is 3.15. The van der Waals surface area contributed by atoms with E-state index in [9.17, 15) is 0 Å². The van der Waals surface area contributed by atoms with Gasteiger partial charge in [-0.1, -0.05) is 24.3 Å². The highest BCUT2D eigenvalue weighted by Crippen LogP contribution is 2.53. The van der Waals surface area contributed by atoms with Crippen LogP contribution in [-0.4, -0.2) is 13.2 Å². The molecule has 1 aromatic carbocycles. The molecule has 1 heteroatoms. The van der Waals surface area contributed by atoms with Crippen LogP contribution < -0.4 is 0 Å². The Hall–Kier alpha value is -0.820. The van der Waals surface area contributed by atoms with E-state index in [0.717, 1.165) is 0 Å². The number of benzene rings is 1. The fraction of sp³-hybridized carbons (Fsp3) is 0.500. The lowest BCUT2D eigenvalue weighted by molar-refractivity contribution is 0.0910. The SMILES string of the molecule is COC1C2CCC1c1ccccc12. The monoisotopic (exact) mass is 174 g/mol. The Morgan fingerprint density at radius 3 is 2.08 bits per heavy atom. The topological polar surface area (TPSA) is 9.23 Å². The quantitative estimate of drug-likeness (QED) is 0.636. The van der Waals surface area contributed by atoms with Crippen molar-refractivity contribution in [2.75, 3.05) is 7.11 Å². The Morgan fingerprint density at radius 1 is 1.08 bits per heavy atom. The fourth-order valence-corrected chi connectivity index (χ4v) is 3.15. The summed E-state index contributed by atoms with van der Waals surface area (Å²) in [5.41, 5.74) is 3.09. The van der Waals surface area contributed by atoms with E-state index in [0.29, 0.717) is 17.9 Å². The van der Waals surface area contributed by atoms with E-state index < -0.39 is 0 Å². The average molecular weight is 174 g/mol. The van der Waals surface area contributed by atoms with Gasteiger partial charge in [0, 0.05) is 18.9 Å². The summed E-state index contributed by atoms with van der Waals surface area (Å²) in [6.07, 6.45) is 3.11. The third kappa shape index (κ3) is 0.856. The van der Waals surface area contributed by atoms with Crippen LogP contribution in [0.1, 0.15) is 35.8 Å². The molecule has 0 radical (unpaired) electrons. The van der Waals surface area contributed by atoms with Crippen LogP contribution in [0.5, 0.6) is 0 Å². The molecule has 1 saturated carbocycles. The molecule has 2 atom stereocenters. The molecule has 0 aliphatic heterocycles. The molecule has 1 nitrogen and oxygen atoms in total. The van der Waals surface area contributed by atoms with Crippen LogP contribution in [0.4, 0.5) is 0 Å². The van der Waals surface area contributed by atoms with Crippen molar-refractivity contribution in [3.8, 4) is 0 Å². The number of fused-ring (bicyclic) bond motifs is 5. The van der Waals surface area contributed by atoms with Crippen molar-refractivity contribution in [2.45, 2.75) is 30.8 Å². The maximum Gasteiger partial charge on any atom is 0.0708 e. The minimum Gasteiger partial charge on any atom is -0.380 e. The number of methoxy groups -OCH3 is 1. The van der Waals surface area contributed by atoms with Crippen molar-refractivity contribution in [3.63, 3.8) is 0 Å². The third-order valence-electron chi connectivity index (χ3n) is 3.65. The van der Waals surface area contributed by atoms with E-state index in [2.05, 4.69) is 24.3 Å². The average Bonchev–Trinajstić information content (AvgIpc) is 2.73. The molecular formula is C12H14O. The lowest BCUT2D eigenvalue weighted by Gasteiger charge is -2.12. The number of ether oxygens (including phenoxy) is 1. The standard InChI is InChI=1S/C12H14O/c1-13-12-10-6-7-11(12)9-5-3-2-4-8(9)10/h2-5,10-12H,6-7H2,1H3. The van der Waals surface area contributed by atoms with Crippen molar-refractivity contribution in [2.24, 2.45) is 0 Å². The predicted octanol–water partition coefficient (Wildman–Crippen LogP) is 2.68. The van der Waals surface area contributed by atoms with Crippen LogP contribution >= 0.6 is 0 Å². The van der Waals surface area contributed by atoms with E-state index >= 15 is 0 Å². The van der Waals surface area contributed by atoms with Gasteiger partial charge in [0.2, 0.25) is 0 Å². The molecular weight excluding hydrogens is 160 g/mol. The molecule has 2 unspecified atom stereocenters. The highest BCUT2D eigenvalue weighted by molar-refractivity contribution is 5.43. The van der Waals surface area contributed by atoms with Gasteiger partial charge in [-0.3, -0.25) is 0 Å². The lowest BCUT2D eigenvalue weighted by Crippen LogP contribution is -2.12. The maximum atomic E-state index is 5.58. The van der Waals surface area contributed by atoms with Crippen LogP contribution in [0.3, 0.4) is 0 Å². The van der Waals surface area contributed by atoms with E-state index in [4.69, 9.17) is 4.74 Å². The zero-order chi connectivity index (χ0) is 8.84. The van der Waals surface area contributed by atoms with Gasteiger partial charge in [0.05, 0.1) is 6.10 Å². The predicted molar refractivity (Wildman–Crippen MR) is 52.0 cm³/mol. The van der Waals surface area contributed by atoms with E-state index in [1.165, 1.54) is 12.8 Å². The van der Waals surface area contributed by atoms with Gasteiger partial charge >= 0.3 is 0 Å². The second kappa shape index (κ2) is 2.58. The Kier molecular flexibility index (Phi) is 1.50. The molecule has 0 saturated heterocycles. The van der Waals surface area contributed by atoms with Crippen LogP contribution in [0.2, 0.25) is 0 Å². The van der Waals surface area contributed by atoms with Gasteiger partial charge in [-0.2, -0.15) is 0 Å². The van der Waals surface area contributed by atoms with Crippen molar-refractivity contribution < 1.29 is 4.74 Å². The smallest absolute Gasteiger partial charge is 0.0708 e. The first-order chi connectivity index (χ1) is 6.42. The summed E-state index contributed by atoms with van der Waals surface area (Å²) in [6.45, 7) is 0. The lowest BCUT2D eigenvalue weighted by atomic mass is 9.92. The Bertz CT molecular complexity index is 301. The van der Waals surface area contributed by atoms with E-state index in [-0.39, 0.29) is 0 Å². The zero-order valence-electron chi connectivity index (χ0n) is 7.86. The first kappa shape index (κ1) is 7.57. The molecule has 68 valence electrons. The van der Waals surface area contributed by atoms with Gasteiger partial charge in [-0.15, -0.1) is 0 Å². The molecule has 2 aliphatic carbocycles. The van der Waals surface area contributed by atoms with E-state index in [1.807, 2.05) is 7.11 Å². The summed E-state index contributed by atoms with van der Waals surface area (Å²) in [5.74, 6) is 1.37. The van der Waals surface area contributed by atoms with Crippen molar-refractivity contribution >= 4 is 0 Å². The summed E-state index contributed by atoms with van der Waals surface area (Å²) in [4.78, 5) is 0. The van der Waals surface area contributed by atoms with Gasteiger partial charge in [-0.25, -0.2) is 0 Å². The molecule has 2 bridgehead atoms. The third-order valence-corrected chi connectivity index (χ3v) is 3.65. The highest BCUT2D eigenvalue weighted by Gasteiger charge is 2.45. The summed E-state index contributed by atoms with van der Waals surface area (Å²) < 4.78 is 5.58. The number of hydrogen-bond acceptors (Lipinski definition) is 1. The summed E-state index contributed by atoms with van der Waals surface area (Å²) in [6, 6.07) is 8.83. The van der Waals surface area contributed by atoms with Crippen LogP contribution in [-0.2, 0) is 4.74 Å². The molecule has 0 amide bonds. The van der Waals surface area contributed by atoms with Gasteiger partial charge < -0.3 is 4.74 Å². The van der Waals surface area contributed by atoms with Gasteiger partial charge in [0.1, 0.15) is 0 Å². The Morgan fingerprint density at radius 2 is 1.62 bits per heavy atom. The molecule has 0 N–H and O–H groups in total. The van der Waals surface area contributed by atoms with E-state index in [1.54, 1.807) is 11.1 Å². The summed E-state index contributed by atoms with van der Waals surface area (Å²) in [5, 5.41) is 0. The summed E-state index contributed by atoms with van der Waals surface area (Å²) >= 11 is 0. The molecule has 2 aliphatic rings. The summed E-state index contributed by atoms with van der Waals surface area (Å²) in [7, 11) is 1.85. The van der Waals surface area contributed by atoms with Crippen LogP contribution in [0.15, 0.2) is 24.3 Å². The van der Waals surface area contributed by atoms with Crippen LogP contribution in [0, 0.1) is 0 Å². The second-order valence-electron chi connectivity index (χ2n) is 4.12. The molecule has 1 aromatic rings. The van der Waals surface area contributed by atoms with Gasteiger partial charge in [-0.05, 0) is 24.0 Å². The zero-order valence-corrected chi connectivity index (χ0v) is 7.86. The first-order valence-corrected chi connectivity index (χ1v) is 5.03. The van der Waals surface area contributed by atoms with Crippen molar-refractivity contribution in [3.05, 3.63) is 35.4 Å². The van der Waals surface area contributed by atoms with Crippen molar-refractivity contribution in [1.82, 2.24) is 0 Å². The highest BCUT2D eigenvalue weighted by atomic mass is 16.5. The van der Waals surface area contributed by atoms with Gasteiger partial charge in [0.15, 0.2) is 0 Å². The molecule has 0 heterocycles. The molecule has 0 aromatic heterocycles. The first-order valence-electron chi connectivity index (χ1n) is 5.03. The van der Waals surface area contributed by atoms with Gasteiger partial charge in [0.25, 0.3) is 0 Å². The minimum absolute atomic E-state index is 0.470. The number of rotatable bonds is 1. The minimum atomic E-state index is 0.470. The number of hydrogen-bond donors (Lipinski definition) is 0. The Balaban J connectivity index is 2.12. The van der Waals surface area contributed by atoms with Crippen molar-refractivity contribution in [1.29, 1.82) is 0 Å². The largest absolute Gasteiger partial charge is 0.380 e. The molecule has 13 heavy (non-hydrogen) atoms. The normalized spacial score (nSPS) is 35.0. The second-order valence-corrected chi connectivity index (χ2v) is 4.12. The molecule has 1 fully saturated rings.